The molecule has 4 atom stereocenters. The molecule has 7 heteroatoms. The molecule has 0 unspecified atom stereocenters. The zero-order valence-corrected chi connectivity index (χ0v) is 16.2. The average Bonchev–Trinajstić information content (AvgIpc) is 3.42. The second-order valence-corrected chi connectivity index (χ2v) is 8.54. The molecule has 0 saturated carbocycles. The molecular formula is C22H18ClN3O3. The molecule has 0 aliphatic carbocycles. The van der Waals surface area contributed by atoms with E-state index >= 15 is 0 Å². The summed E-state index contributed by atoms with van der Waals surface area (Å²) in [6.45, 7) is 0.683. The van der Waals surface area contributed by atoms with Gasteiger partial charge in [0.15, 0.2) is 0 Å². The van der Waals surface area contributed by atoms with Gasteiger partial charge in [0.05, 0.1) is 28.2 Å². The Balaban J connectivity index is 1.58. The van der Waals surface area contributed by atoms with E-state index in [1.54, 1.807) is 36.4 Å². The third kappa shape index (κ3) is 1.89. The van der Waals surface area contributed by atoms with Crippen molar-refractivity contribution in [1.29, 1.82) is 0 Å². The summed E-state index contributed by atoms with van der Waals surface area (Å²) in [5.74, 6) is -2.04. The van der Waals surface area contributed by atoms with Gasteiger partial charge in [0.1, 0.15) is 5.54 Å². The number of amides is 3. The molecule has 3 fully saturated rings. The van der Waals surface area contributed by atoms with E-state index in [9.17, 15) is 14.4 Å². The molecule has 1 spiro atoms. The maximum Gasteiger partial charge on any atom is 0.250 e. The molecule has 2 aromatic rings. The first-order chi connectivity index (χ1) is 14.1. The number of nitrogens with zero attached hydrogens (tertiary/aromatic N) is 2. The van der Waals surface area contributed by atoms with E-state index in [1.165, 1.54) is 4.90 Å². The molecular weight excluding hydrogens is 390 g/mol. The number of hydrogen-bond donors (Lipinski definition) is 1. The molecule has 4 aliphatic heterocycles. The van der Waals surface area contributed by atoms with Crippen molar-refractivity contribution in [3.8, 4) is 0 Å². The summed E-state index contributed by atoms with van der Waals surface area (Å²) in [4.78, 5) is 44.1. The normalized spacial score (nSPS) is 32.7. The van der Waals surface area contributed by atoms with Gasteiger partial charge in [-0.2, -0.15) is 0 Å². The van der Waals surface area contributed by atoms with Gasteiger partial charge in [0.2, 0.25) is 11.8 Å². The number of benzene rings is 2. The number of halogens is 1. The molecule has 146 valence electrons. The Bertz CT molecular complexity index is 1090. The number of imide groups is 1. The first-order valence-electron chi connectivity index (χ1n) is 9.87. The Morgan fingerprint density at radius 3 is 2.59 bits per heavy atom. The maximum atomic E-state index is 13.7. The number of carbonyl (C=O) groups is 3. The topological polar surface area (TPSA) is 69.7 Å². The fraction of sp³-hybridized carbons (Fsp3) is 0.318. The second-order valence-electron chi connectivity index (χ2n) is 8.14. The Hall–Kier alpha value is -2.70. The molecule has 0 bridgehead atoms. The van der Waals surface area contributed by atoms with Crippen LogP contribution in [0.4, 0.5) is 11.4 Å². The lowest BCUT2D eigenvalue weighted by atomic mass is 9.75. The predicted molar refractivity (Wildman–Crippen MR) is 107 cm³/mol. The number of carbonyl (C=O) groups excluding carboxylic acids is 3. The molecule has 4 aliphatic rings. The smallest absolute Gasteiger partial charge is 0.250 e. The molecule has 4 heterocycles. The van der Waals surface area contributed by atoms with Crippen molar-refractivity contribution in [3.05, 3.63) is 59.1 Å². The van der Waals surface area contributed by atoms with Crippen molar-refractivity contribution < 1.29 is 14.4 Å². The van der Waals surface area contributed by atoms with E-state index < -0.39 is 17.4 Å². The number of hydrogen-bond acceptors (Lipinski definition) is 4. The third-order valence-electron chi connectivity index (χ3n) is 6.99. The number of anilines is 2. The van der Waals surface area contributed by atoms with Gasteiger partial charge >= 0.3 is 0 Å². The summed E-state index contributed by atoms with van der Waals surface area (Å²) in [5, 5.41) is 3.37. The van der Waals surface area contributed by atoms with Crippen molar-refractivity contribution in [2.75, 3.05) is 16.8 Å². The predicted octanol–water partition coefficient (Wildman–Crippen LogP) is 2.77. The highest BCUT2D eigenvalue weighted by molar-refractivity contribution is 6.35. The minimum Gasteiger partial charge on any atom is -0.323 e. The van der Waals surface area contributed by atoms with Gasteiger partial charge in [-0.05, 0) is 37.6 Å². The summed E-state index contributed by atoms with van der Waals surface area (Å²) in [5.41, 5.74) is 0.651. The molecule has 3 saturated heterocycles. The van der Waals surface area contributed by atoms with Gasteiger partial charge in [0, 0.05) is 11.6 Å². The highest BCUT2D eigenvalue weighted by Crippen LogP contribution is 2.61. The van der Waals surface area contributed by atoms with E-state index in [1.807, 2.05) is 12.1 Å². The SMILES string of the molecule is O=C1[C@@H]2[C@@H]3CCCN3[C@]3(C(=O)Nc4c(Cl)cccc43)[C@H]2C(=O)N1c1ccccc1. The van der Waals surface area contributed by atoms with E-state index in [0.717, 1.165) is 12.8 Å². The van der Waals surface area contributed by atoms with Crippen molar-refractivity contribution >= 4 is 40.7 Å². The summed E-state index contributed by atoms with van der Waals surface area (Å²) in [6, 6.07) is 14.2. The number of para-hydroxylation sites is 2. The van der Waals surface area contributed by atoms with E-state index in [-0.39, 0.29) is 23.8 Å². The van der Waals surface area contributed by atoms with Crippen LogP contribution in [0.1, 0.15) is 18.4 Å². The first kappa shape index (κ1) is 17.2. The minimum atomic E-state index is -1.18. The largest absolute Gasteiger partial charge is 0.323 e. The minimum absolute atomic E-state index is 0.124. The Labute approximate surface area is 172 Å². The van der Waals surface area contributed by atoms with Gasteiger partial charge in [0.25, 0.3) is 5.91 Å². The van der Waals surface area contributed by atoms with Crippen LogP contribution < -0.4 is 10.2 Å². The summed E-state index contributed by atoms with van der Waals surface area (Å²) in [7, 11) is 0. The summed E-state index contributed by atoms with van der Waals surface area (Å²) < 4.78 is 0. The Morgan fingerprint density at radius 1 is 1.00 bits per heavy atom. The Morgan fingerprint density at radius 2 is 1.79 bits per heavy atom. The van der Waals surface area contributed by atoms with Crippen LogP contribution in [-0.2, 0) is 19.9 Å². The van der Waals surface area contributed by atoms with Crippen molar-refractivity contribution in [3.63, 3.8) is 0 Å². The van der Waals surface area contributed by atoms with Crippen LogP contribution in [0.15, 0.2) is 48.5 Å². The lowest BCUT2D eigenvalue weighted by Crippen LogP contribution is -2.54. The average molecular weight is 408 g/mol. The molecule has 6 rings (SSSR count). The van der Waals surface area contributed by atoms with Crippen molar-refractivity contribution in [2.45, 2.75) is 24.4 Å². The first-order valence-corrected chi connectivity index (χ1v) is 10.2. The lowest BCUT2D eigenvalue weighted by Gasteiger charge is -2.36. The van der Waals surface area contributed by atoms with E-state index in [4.69, 9.17) is 11.6 Å². The molecule has 6 nitrogen and oxygen atoms in total. The zero-order valence-electron chi connectivity index (χ0n) is 15.5. The maximum absolute atomic E-state index is 13.7. The quantitative estimate of drug-likeness (QED) is 0.738. The molecule has 29 heavy (non-hydrogen) atoms. The molecule has 1 N–H and O–H groups in total. The van der Waals surface area contributed by atoms with Crippen LogP contribution in [0.3, 0.4) is 0 Å². The van der Waals surface area contributed by atoms with Gasteiger partial charge in [-0.1, -0.05) is 41.9 Å². The standard InChI is InChI=1S/C22H18ClN3O3/c23-14-9-4-8-13-18(14)24-21(29)22(13)17-16(15-10-5-11-25(15)22)19(27)26(20(17)28)12-6-2-1-3-7-12/h1-4,6-9,15-17H,5,10-11H2,(H,24,29)/t15-,16+,17+,22-/m0/s1. The summed E-state index contributed by atoms with van der Waals surface area (Å²) in [6.07, 6.45) is 1.69. The zero-order chi connectivity index (χ0) is 19.9. The molecule has 2 aromatic carbocycles. The Kier molecular flexibility index (Phi) is 3.36. The molecule has 0 radical (unpaired) electrons. The molecule has 0 aromatic heterocycles. The van der Waals surface area contributed by atoms with E-state index in [0.29, 0.717) is 28.5 Å². The van der Waals surface area contributed by atoms with Crippen molar-refractivity contribution in [1.82, 2.24) is 4.90 Å². The van der Waals surface area contributed by atoms with Crippen LogP contribution in [0.2, 0.25) is 5.02 Å². The number of fused-ring (bicyclic) bond motifs is 7. The second kappa shape index (κ2) is 5.68. The van der Waals surface area contributed by atoms with E-state index in [2.05, 4.69) is 10.2 Å². The van der Waals surface area contributed by atoms with Crippen molar-refractivity contribution in [2.24, 2.45) is 11.8 Å². The number of nitrogens with one attached hydrogen (secondary N) is 1. The van der Waals surface area contributed by atoms with Crippen LogP contribution in [0, 0.1) is 11.8 Å². The fourth-order valence-corrected chi connectivity index (χ4v) is 6.25. The third-order valence-corrected chi connectivity index (χ3v) is 7.31. The van der Waals surface area contributed by atoms with Gasteiger partial charge < -0.3 is 5.32 Å². The van der Waals surface area contributed by atoms with Crippen LogP contribution >= 0.6 is 11.6 Å². The van der Waals surface area contributed by atoms with Crippen LogP contribution in [-0.4, -0.2) is 35.2 Å². The van der Waals surface area contributed by atoms with Gasteiger partial charge in [-0.3, -0.25) is 19.3 Å². The lowest BCUT2D eigenvalue weighted by molar-refractivity contribution is -0.135. The fourth-order valence-electron chi connectivity index (χ4n) is 6.03. The number of rotatable bonds is 1. The monoisotopic (exact) mass is 407 g/mol. The van der Waals surface area contributed by atoms with Crippen LogP contribution in [0.25, 0.3) is 0 Å². The highest BCUT2D eigenvalue weighted by Gasteiger charge is 2.74. The van der Waals surface area contributed by atoms with Gasteiger partial charge in [-0.25, -0.2) is 4.90 Å². The summed E-state index contributed by atoms with van der Waals surface area (Å²) >= 11 is 6.38. The van der Waals surface area contributed by atoms with Gasteiger partial charge in [-0.15, -0.1) is 0 Å². The highest BCUT2D eigenvalue weighted by atomic mass is 35.5. The molecule has 3 amide bonds. The van der Waals surface area contributed by atoms with Crippen LogP contribution in [0.5, 0.6) is 0 Å².